The topological polar surface area (TPSA) is 192 Å². The van der Waals surface area contributed by atoms with Crippen molar-refractivity contribution in [2.75, 3.05) is 45.5 Å². The minimum atomic E-state index is -4.63. The number of ether oxygens (including phenoxy) is 3. The Hall–Kier alpha value is -3.14. The van der Waals surface area contributed by atoms with Crippen LogP contribution in [-0.4, -0.2) is 106 Å². The van der Waals surface area contributed by atoms with E-state index in [0.29, 0.717) is 0 Å². The Balaban J connectivity index is 0.00000578. The van der Waals surface area contributed by atoms with Gasteiger partial charge in [0, 0.05) is 19.8 Å². The van der Waals surface area contributed by atoms with E-state index < -0.39 is 49.9 Å². The minimum absolute atomic E-state index is 0. The molecule has 0 radical (unpaired) electrons. The number of carbonyl (C=O) groups excluding carboxylic acids is 3. The number of carbonyl (C=O) groups is 3. The molecule has 0 aliphatic carbocycles. The Labute approximate surface area is 217 Å². The van der Waals surface area contributed by atoms with Crippen LogP contribution in [0.25, 0.3) is 0 Å². The summed E-state index contributed by atoms with van der Waals surface area (Å²) in [4.78, 5) is 44.7. The molecule has 1 aromatic heterocycles. The summed E-state index contributed by atoms with van der Waals surface area (Å²) < 4.78 is 43.1. The number of anilines is 2. The maximum absolute atomic E-state index is 13.3. The monoisotopic (exact) mass is 506 g/mol. The second-order valence-electron chi connectivity index (χ2n) is 6.46. The van der Waals surface area contributed by atoms with Gasteiger partial charge >= 0.3 is 35.7 Å². The van der Waals surface area contributed by atoms with Gasteiger partial charge in [0.25, 0.3) is 15.9 Å². The third-order valence-corrected chi connectivity index (χ3v) is 5.38. The molecule has 0 unspecified atom stereocenters. The molecule has 14 nitrogen and oxygen atoms in total. The zero-order valence-corrected chi connectivity index (χ0v) is 19.1. The molecule has 1 heterocycles. The van der Waals surface area contributed by atoms with Crippen molar-refractivity contribution in [2.24, 2.45) is 5.73 Å². The summed E-state index contributed by atoms with van der Waals surface area (Å²) in [6, 6.07) is 3.32. The van der Waals surface area contributed by atoms with Gasteiger partial charge in [-0.15, -0.1) is 0 Å². The fraction of sp³-hybridized carbons (Fsp3) is 0.278. The van der Waals surface area contributed by atoms with Crippen molar-refractivity contribution in [3.63, 3.8) is 0 Å². The van der Waals surface area contributed by atoms with Gasteiger partial charge < -0.3 is 24.8 Å². The Kier molecular flexibility index (Phi) is 10.0. The molecule has 0 atom stereocenters. The molecule has 2 aromatic rings. The number of amides is 3. The Morgan fingerprint density at radius 2 is 1.56 bits per heavy atom. The summed E-state index contributed by atoms with van der Waals surface area (Å²) in [6.07, 6.45) is -0.950. The van der Waals surface area contributed by atoms with E-state index in [0.717, 1.165) is 24.1 Å². The molecule has 0 bridgehead atoms. The van der Waals surface area contributed by atoms with Crippen LogP contribution in [0, 0.1) is 0 Å². The molecular formula is C18H23N6NaO8S. The van der Waals surface area contributed by atoms with Crippen LogP contribution in [0.5, 0.6) is 11.8 Å². The molecule has 16 heteroatoms. The molecule has 0 aliphatic rings. The van der Waals surface area contributed by atoms with Gasteiger partial charge in [0.05, 0.1) is 38.5 Å². The van der Waals surface area contributed by atoms with Gasteiger partial charge in [-0.1, -0.05) is 0 Å². The summed E-state index contributed by atoms with van der Waals surface area (Å²) in [5, 5.41) is 2.24. The van der Waals surface area contributed by atoms with Crippen molar-refractivity contribution >= 4 is 69.1 Å². The van der Waals surface area contributed by atoms with Crippen molar-refractivity contribution in [1.82, 2.24) is 14.9 Å². The third-order valence-electron chi connectivity index (χ3n) is 4.03. The van der Waals surface area contributed by atoms with Crippen LogP contribution >= 0.6 is 0 Å². The van der Waals surface area contributed by atoms with Gasteiger partial charge in [-0.3, -0.25) is 14.9 Å². The fourth-order valence-electron chi connectivity index (χ4n) is 2.54. The van der Waals surface area contributed by atoms with E-state index in [9.17, 15) is 22.8 Å². The number of nitrogens with one attached hydrogen (secondary N) is 2. The summed E-state index contributed by atoms with van der Waals surface area (Å²) >= 11 is 0. The number of methoxy groups -OCH3 is 3. The number of nitrogens with two attached hydrogens (primary N) is 1. The maximum atomic E-state index is 13.3. The summed E-state index contributed by atoms with van der Waals surface area (Å²) in [7, 11) is 1.77. The van der Waals surface area contributed by atoms with E-state index in [1.165, 1.54) is 34.4 Å². The standard InChI is InChI=1S/C18H22N6O8S.Na.H/c1-24(2)16(26)14-10(15(19)25)6-9(20-18(27)32-5)7-11(14)33(28,29)23-17-21-12(30-3)8-13(22-17)31-4;;/h6-8H,1-5H3,(H2,19,25)(H,20,27)(H,21,22,23);;. The number of hydrogen-bond acceptors (Lipinski definition) is 10. The van der Waals surface area contributed by atoms with Crippen LogP contribution < -0.4 is 25.2 Å². The van der Waals surface area contributed by atoms with Crippen molar-refractivity contribution in [3.8, 4) is 11.8 Å². The van der Waals surface area contributed by atoms with Crippen LogP contribution in [0.3, 0.4) is 0 Å². The van der Waals surface area contributed by atoms with Crippen molar-refractivity contribution in [3.05, 3.63) is 29.3 Å². The first kappa shape index (κ1) is 28.9. The first-order valence-electron chi connectivity index (χ1n) is 8.97. The van der Waals surface area contributed by atoms with Gasteiger partial charge in [0.2, 0.25) is 23.6 Å². The van der Waals surface area contributed by atoms with Crippen molar-refractivity contribution in [1.29, 1.82) is 0 Å². The zero-order valence-electron chi connectivity index (χ0n) is 18.3. The first-order valence-corrected chi connectivity index (χ1v) is 10.5. The molecular weight excluding hydrogens is 483 g/mol. The molecule has 34 heavy (non-hydrogen) atoms. The van der Waals surface area contributed by atoms with Crippen LogP contribution in [-0.2, 0) is 14.8 Å². The molecule has 3 amide bonds. The Morgan fingerprint density at radius 1 is 1.00 bits per heavy atom. The van der Waals surface area contributed by atoms with E-state index in [-0.39, 0.29) is 47.0 Å². The molecule has 2 rings (SSSR count). The van der Waals surface area contributed by atoms with Crippen LogP contribution in [0.2, 0.25) is 0 Å². The molecule has 4 N–H and O–H groups in total. The van der Waals surface area contributed by atoms with Gasteiger partial charge in [-0.2, -0.15) is 9.97 Å². The van der Waals surface area contributed by atoms with Gasteiger partial charge in [0.15, 0.2) is 0 Å². The van der Waals surface area contributed by atoms with Crippen molar-refractivity contribution < 1.29 is 37.0 Å². The number of primary amides is 1. The molecule has 0 fully saturated rings. The molecule has 1 aromatic carbocycles. The SMILES string of the molecule is COC(=O)Nc1cc(C(N)=O)c(C(=O)N(C)C)c(S(=O)(=O)Nc2nc(OC)cc(OC)n2)c1.[NaH]. The van der Waals surface area contributed by atoms with Gasteiger partial charge in [0.1, 0.15) is 4.90 Å². The molecule has 0 saturated carbocycles. The van der Waals surface area contributed by atoms with Gasteiger partial charge in [-0.25, -0.2) is 17.9 Å². The Bertz CT molecular complexity index is 1180. The Morgan fingerprint density at radius 3 is 2.00 bits per heavy atom. The van der Waals surface area contributed by atoms with E-state index in [4.69, 9.17) is 15.2 Å². The predicted octanol–water partition coefficient (Wildman–Crippen LogP) is -0.375. The number of rotatable bonds is 8. The van der Waals surface area contributed by atoms with Gasteiger partial charge in [-0.05, 0) is 12.1 Å². The number of benzene rings is 1. The van der Waals surface area contributed by atoms with E-state index in [1.807, 2.05) is 0 Å². The number of hydrogen-bond donors (Lipinski definition) is 3. The molecule has 180 valence electrons. The summed E-state index contributed by atoms with van der Waals surface area (Å²) in [5.41, 5.74) is 4.25. The third kappa shape index (κ3) is 6.69. The zero-order chi connectivity index (χ0) is 24.9. The van der Waals surface area contributed by atoms with Crippen LogP contribution in [0.15, 0.2) is 23.1 Å². The molecule has 0 saturated heterocycles. The average Bonchev–Trinajstić information content (AvgIpc) is 2.76. The predicted molar refractivity (Wildman–Crippen MR) is 122 cm³/mol. The summed E-state index contributed by atoms with van der Waals surface area (Å²) in [6.45, 7) is 0. The van der Waals surface area contributed by atoms with Crippen LogP contribution in [0.4, 0.5) is 16.4 Å². The van der Waals surface area contributed by atoms with Crippen LogP contribution in [0.1, 0.15) is 20.7 Å². The fourth-order valence-corrected chi connectivity index (χ4v) is 3.73. The van der Waals surface area contributed by atoms with Crippen molar-refractivity contribution in [2.45, 2.75) is 4.90 Å². The first-order chi connectivity index (χ1) is 15.4. The van der Waals surface area contributed by atoms with E-state index >= 15 is 0 Å². The average molecular weight is 506 g/mol. The molecule has 0 aliphatic heterocycles. The summed E-state index contributed by atoms with van der Waals surface area (Å²) in [5.74, 6) is -2.41. The quantitative estimate of drug-likeness (QED) is 0.398. The number of sulfonamides is 1. The second kappa shape index (κ2) is 11.8. The van der Waals surface area contributed by atoms with E-state index in [2.05, 4.69) is 24.7 Å². The second-order valence-corrected chi connectivity index (χ2v) is 8.11. The number of nitrogens with zero attached hydrogens (tertiary/aromatic N) is 3. The molecule has 0 spiro atoms. The normalized spacial score (nSPS) is 10.4. The number of aromatic nitrogens is 2. The van der Waals surface area contributed by atoms with E-state index in [1.54, 1.807) is 0 Å².